The predicted molar refractivity (Wildman–Crippen MR) is 107 cm³/mol. The third kappa shape index (κ3) is 4.00. The molecule has 1 atom stereocenters. The molecular weight excluding hydrogens is 375 g/mol. The van der Waals surface area contributed by atoms with Crippen LogP contribution in [0.4, 0.5) is 4.39 Å². The summed E-state index contributed by atoms with van der Waals surface area (Å²) < 4.78 is 19.1. The van der Waals surface area contributed by atoms with Crippen LogP contribution in [0.2, 0.25) is 0 Å². The first-order valence-corrected chi connectivity index (χ1v) is 9.17. The summed E-state index contributed by atoms with van der Waals surface area (Å²) in [5, 5.41) is 11.0. The van der Waals surface area contributed by atoms with E-state index in [0.29, 0.717) is 18.7 Å². The Morgan fingerprint density at radius 2 is 1.86 bits per heavy atom. The van der Waals surface area contributed by atoms with Crippen molar-refractivity contribution in [3.05, 3.63) is 71.0 Å². The van der Waals surface area contributed by atoms with Crippen molar-refractivity contribution in [3.63, 3.8) is 0 Å². The number of carbonyl (C=O) groups excluding carboxylic acids is 2. The zero-order valence-corrected chi connectivity index (χ0v) is 16.6. The number of methoxy groups -OCH3 is 1. The average Bonchev–Trinajstić information content (AvgIpc) is 2.97. The highest BCUT2D eigenvalue weighted by Gasteiger charge is 2.46. The number of likely N-dealkylation sites (N-methyl/N-ethyl adjacent to an activating group) is 1. The fourth-order valence-electron chi connectivity index (χ4n) is 3.41. The number of hydrogen-bond donors (Lipinski definition) is 1. The number of nitrogens with zero attached hydrogens (tertiary/aromatic N) is 2. The van der Waals surface area contributed by atoms with Gasteiger partial charge in [0.2, 0.25) is 0 Å². The number of ketones is 1. The van der Waals surface area contributed by atoms with Crippen LogP contribution in [-0.2, 0) is 9.59 Å². The molecule has 2 aromatic rings. The molecule has 29 heavy (non-hydrogen) atoms. The monoisotopic (exact) mass is 398 g/mol. The van der Waals surface area contributed by atoms with Crippen molar-refractivity contribution in [2.24, 2.45) is 0 Å². The van der Waals surface area contributed by atoms with E-state index in [2.05, 4.69) is 0 Å². The van der Waals surface area contributed by atoms with E-state index >= 15 is 0 Å². The molecule has 152 valence electrons. The maximum atomic E-state index is 13.9. The van der Waals surface area contributed by atoms with Crippen LogP contribution in [0.3, 0.4) is 0 Å². The highest BCUT2D eigenvalue weighted by atomic mass is 19.1. The standard InChI is InChI=1S/C22H23FN2O4/c1-24(2)11-12-25-19(14-7-5-4-6-8-14)18(21(27)22(25)28)20(26)16-13-15(23)9-10-17(16)29-3/h4-10,13,19,26H,11-12H2,1-3H3/t19-/m1/s1. The van der Waals surface area contributed by atoms with Gasteiger partial charge < -0.3 is 19.6 Å². The summed E-state index contributed by atoms with van der Waals surface area (Å²) in [6.07, 6.45) is 0. The van der Waals surface area contributed by atoms with E-state index in [0.717, 1.165) is 6.07 Å². The van der Waals surface area contributed by atoms with Gasteiger partial charge in [-0.15, -0.1) is 0 Å². The number of rotatable bonds is 6. The van der Waals surface area contributed by atoms with E-state index in [4.69, 9.17) is 4.74 Å². The summed E-state index contributed by atoms with van der Waals surface area (Å²) in [5.41, 5.74) is 0.630. The number of ether oxygens (including phenoxy) is 1. The molecule has 7 heteroatoms. The number of aliphatic hydroxyl groups excluding tert-OH is 1. The van der Waals surface area contributed by atoms with E-state index in [-0.39, 0.29) is 16.9 Å². The second-order valence-corrected chi connectivity index (χ2v) is 7.05. The molecule has 0 aliphatic carbocycles. The quantitative estimate of drug-likeness (QED) is 0.460. The van der Waals surface area contributed by atoms with Gasteiger partial charge in [0.05, 0.1) is 24.3 Å². The second kappa shape index (κ2) is 8.45. The molecule has 1 aliphatic heterocycles. The molecule has 0 unspecified atom stereocenters. The van der Waals surface area contributed by atoms with Crippen molar-refractivity contribution in [3.8, 4) is 5.75 Å². The minimum absolute atomic E-state index is 0.0269. The maximum Gasteiger partial charge on any atom is 0.295 e. The Morgan fingerprint density at radius 1 is 1.17 bits per heavy atom. The van der Waals surface area contributed by atoms with Crippen molar-refractivity contribution in [2.75, 3.05) is 34.3 Å². The van der Waals surface area contributed by atoms with Crippen LogP contribution in [0.25, 0.3) is 5.76 Å². The third-order valence-corrected chi connectivity index (χ3v) is 4.86. The van der Waals surface area contributed by atoms with Gasteiger partial charge in [-0.1, -0.05) is 30.3 Å². The molecule has 0 radical (unpaired) electrons. The lowest BCUT2D eigenvalue weighted by atomic mass is 9.95. The molecule has 0 bridgehead atoms. The van der Waals surface area contributed by atoms with Gasteiger partial charge in [-0.3, -0.25) is 9.59 Å². The fraction of sp³-hybridized carbons (Fsp3) is 0.273. The Labute approximate surface area is 168 Å². The number of benzene rings is 2. The highest BCUT2D eigenvalue weighted by Crippen LogP contribution is 2.40. The summed E-state index contributed by atoms with van der Waals surface area (Å²) in [5.74, 6) is -2.35. The largest absolute Gasteiger partial charge is 0.507 e. The topological polar surface area (TPSA) is 70.1 Å². The lowest BCUT2D eigenvalue weighted by Gasteiger charge is -2.26. The Morgan fingerprint density at radius 3 is 2.48 bits per heavy atom. The fourth-order valence-corrected chi connectivity index (χ4v) is 3.41. The molecule has 1 heterocycles. The SMILES string of the molecule is COc1ccc(F)cc1C(O)=C1C(=O)C(=O)N(CCN(C)C)[C@@H]1c1ccccc1. The number of halogens is 1. The highest BCUT2D eigenvalue weighted by molar-refractivity contribution is 6.46. The number of carbonyl (C=O) groups is 2. The van der Waals surface area contributed by atoms with Crippen LogP contribution in [0.5, 0.6) is 5.75 Å². The predicted octanol–water partition coefficient (Wildman–Crippen LogP) is 2.82. The Kier molecular flexibility index (Phi) is 5.98. The number of amides is 1. The minimum atomic E-state index is -0.804. The molecule has 0 spiro atoms. The molecule has 1 fully saturated rings. The van der Waals surface area contributed by atoms with Crippen LogP contribution < -0.4 is 4.74 Å². The normalized spacial score (nSPS) is 18.5. The van der Waals surface area contributed by atoms with Crippen molar-refractivity contribution in [1.82, 2.24) is 9.80 Å². The van der Waals surface area contributed by atoms with E-state index < -0.39 is 29.3 Å². The van der Waals surface area contributed by atoms with E-state index in [1.54, 1.807) is 24.3 Å². The zero-order valence-electron chi connectivity index (χ0n) is 16.6. The van der Waals surface area contributed by atoms with E-state index in [9.17, 15) is 19.1 Å². The van der Waals surface area contributed by atoms with Crippen molar-refractivity contribution < 1.29 is 23.8 Å². The van der Waals surface area contributed by atoms with Crippen LogP contribution >= 0.6 is 0 Å². The third-order valence-electron chi connectivity index (χ3n) is 4.86. The van der Waals surface area contributed by atoms with Gasteiger partial charge in [0.15, 0.2) is 0 Å². The van der Waals surface area contributed by atoms with Crippen molar-refractivity contribution >= 4 is 17.4 Å². The van der Waals surface area contributed by atoms with Gasteiger partial charge in [-0.25, -0.2) is 4.39 Å². The molecule has 1 saturated heterocycles. The molecule has 1 aliphatic rings. The molecule has 3 rings (SSSR count). The first-order chi connectivity index (χ1) is 13.8. The first-order valence-electron chi connectivity index (χ1n) is 9.17. The van der Waals surface area contributed by atoms with Crippen LogP contribution in [0.1, 0.15) is 17.2 Å². The van der Waals surface area contributed by atoms with Crippen LogP contribution in [0, 0.1) is 5.82 Å². The van der Waals surface area contributed by atoms with Gasteiger partial charge in [0, 0.05) is 13.1 Å². The number of hydrogen-bond acceptors (Lipinski definition) is 5. The van der Waals surface area contributed by atoms with Gasteiger partial charge in [0.25, 0.3) is 11.7 Å². The average molecular weight is 398 g/mol. The van der Waals surface area contributed by atoms with Crippen molar-refractivity contribution in [2.45, 2.75) is 6.04 Å². The van der Waals surface area contributed by atoms with Gasteiger partial charge in [-0.05, 0) is 37.9 Å². The molecule has 0 aromatic heterocycles. The van der Waals surface area contributed by atoms with E-state index in [1.165, 1.54) is 24.1 Å². The Balaban J connectivity index is 2.19. The van der Waals surface area contributed by atoms with Gasteiger partial charge in [-0.2, -0.15) is 0 Å². The zero-order chi connectivity index (χ0) is 21.1. The number of likely N-dealkylation sites (tertiary alicyclic amines) is 1. The van der Waals surface area contributed by atoms with Gasteiger partial charge in [0.1, 0.15) is 17.3 Å². The van der Waals surface area contributed by atoms with Crippen LogP contribution in [0.15, 0.2) is 54.1 Å². The van der Waals surface area contributed by atoms with E-state index in [1.807, 2.05) is 25.1 Å². The summed E-state index contributed by atoms with van der Waals surface area (Å²) in [7, 11) is 5.12. The van der Waals surface area contributed by atoms with Crippen molar-refractivity contribution in [1.29, 1.82) is 0 Å². The molecule has 0 saturated carbocycles. The second-order valence-electron chi connectivity index (χ2n) is 7.05. The maximum absolute atomic E-state index is 13.9. The Bertz CT molecular complexity index is 957. The number of Topliss-reactive ketones (excluding diaryl/α,β-unsaturated/α-hetero) is 1. The number of aliphatic hydroxyl groups is 1. The molecular formula is C22H23FN2O4. The molecule has 6 nitrogen and oxygen atoms in total. The smallest absolute Gasteiger partial charge is 0.295 e. The molecule has 1 amide bonds. The van der Waals surface area contributed by atoms with Gasteiger partial charge >= 0.3 is 0 Å². The molecule has 2 aromatic carbocycles. The lowest BCUT2D eigenvalue weighted by molar-refractivity contribution is -0.140. The Hall–Kier alpha value is -3.19. The first kappa shape index (κ1) is 20.5. The lowest BCUT2D eigenvalue weighted by Crippen LogP contribution is -2.35. The minimum Gasteiger partial charge on any atom is -0.507 e. The summed E-state index contributed by atoms with van der Waals surface area (Å²) in [6, 6.07) is 11.9. The summed E-state index contributed by atoms with van der Waals surface area (Å²) >= 11 is 0. The summed E-state index contributed by atoms with van der Waals surface area (Å²) in [4.78, 5) is 29.0. The summed E-state index contributed by atoms with van der Waals surface area (Å²) in [6.45, 7) is 0.841. The molecule has 1 N–H and O–H groups in total. The van der Waals surface area contributed by atoms with Crippen LogP contribution in [-0.4, -0.2) is 60.9 Å².